The van der Waals surface area contributed by atoms with Crippen molar-refractivity contribution in [2.24, 2.45) is 0 Å². The maximum absolute atomic E-state index is 12.2. The lowest BCUT2D eigenvalue weighted by Crippen LogP contribution is -2.42. The number of rotatable bonds is 5. The van der Waals surface area contributed by atoms with Crippen molar-refractivity contribution in [3.63, 3.8) is 0 Å². The summed E-state index contributed by atoms with van der Waals surface area (Å²) in [6.07, 6.45) is 2.86. The molecule has 8 nitrogen and oxygen atoms in total. The third kappa shape index (κ3) is 4.09. The predicted octanol–water partition coefficient (Wildman–Crippen LogP) is 1.65. The monoisotopic (exact) mass is 374 g/mol. The van der Waals surface area contributed by atoms with Gasteiger partial charge in [-0.2, -0.15) is 0 Å². The van der Waals surface area contributed by atoms with Crippen molar-refractivity contribution in [2.45, 2.75) is 20.0 Å². The molecule has 1 aromatic carbocycles. The van der Waals surface area contributed by atoms with Gasteiger partial charge in [0.2, 0.25) is 5.91 Å². The van der Waals surface area contributed by atoms with Gasteiger partial charge in [0.1, 0.15) is 12.3 Å². The van der Waals surface area contributed by atoms with Crippen molar-refractivity contribution in [2.75, 3.05) is 5.32 Å². The summed E-state index contributed by atoms with van der Waals surface area (Å²) < 4.78 is 7.17. The van der Waals surface area contributed by atoms with E-state index in [4.69, 9.17) is 16.1 Å². The van der Waals surface area contributed by atoms with Crippen LogP contribution < -0.4 is 16.4 Å². The Kier molecular flexibility index (Phi) is 5.04. The summed E-state index contributed by atoms with van der Waals surface area (Å²) in [5.41, 5.74) is -0.673. The van der Waals surface area contributed by atoms with Gasteiger partial charge in [-0.05, 0) is 24.6 Å². The Morgan fingerprint density at radius 2 is 1.81 bits per heavy atom. The molecule has 0 radical (unpaired) electrons. The first kappa shape index (κ1) is 17.7. The summed E-state index contributed by atoms with van der Waals surface area (Å²) in [5.74, 6) is 0.300. The van der Waals surface area contributed by atoms with E-state index in [1.54, 1.807) is 37.3 Å². The molecule has 0 saturated heterocycles. The summed E-state index contributed by atoms with van der Waals surface area (Å²) in [6.45, 7) is 1.62. The number of anilines is 1. The highest BCUT2D eigenvalue weighted by atomic mass is 35.5. The number of aryl methyl sites for hydroxylation is 1. The van der Waals surface area contributed by atoms with Gasteiger partial charge in [0.05, 0.1) is 6.54 Å². The van der Waals surface area contributed by atoms with E-state index in [1.165, 1.54) is 17.0 Å². The number of hydrogen-bond donors (Lipinski definition) is 1. The molecule has 2 aromatic heterocycles. The third-order valence-corrected chi connectivity index (χ3v) is 3.86. The van der Waals surface area contributed by atoms with Gasteiger partial charge in [-0.1, -0.05) is 28.9 Å². The van der Waals surface area contributed by atoms with E-state index in [-0.39, 0.29) is 18.9 Å². The highest BCUT2D eigenvalue weighted by Crippen LogP contribution is 2.10. The van der Waals surface area contributed by atoms with Gasteiger partial charge in [-0.3, -0.25) is 19.0 Å². The van der Waals surface area contributed by atoms with E-state index in [0.29, 0.717) is 10.8 Å². The second-order valence-electron chi connectivity index (χ2n) is 5.66. The lowest BCUT2D eigenvalue weighted by molar-refractivity contribution is -0.116. The lowest BCUT2D eigenvalue weighted by atomic mass is 10.2. The first-order valence-electron chi connectivity index (χ1n) is 7.70. The van der Waals surface area contributed by atoms with E-state index >= 15 is 0 Å². The SMILES string of the molecule is Cc1cc(NC(=O)Cn2ccn(Cc3ccc(Cl)cc3)c(=O)c2=O)no1. The van der Waals surface area contributed by atoms with Gasteiger partial charge >= 0.3 is 11.1 Å². The quantitative estimate of drug-likeness (QED) is 0.684. The van der Waals surface area contributed by atoms with Gasteiger partial charge < -0.3 is 14.4 Å². The second kappa shape index (κ2) is 7.40. The van der Waals surface area contributed by atoms with Crippen molar-refractivity contribution in [3.8, 4) is 0 Å². The average Bonchev–Trinajstić information content (AvgIpc) is 3.01. The summed E-state index contributed by atoms with van der Waals surface area (Å²) in [6, 6.07) is 8.50. The molecule has 0 aliphatic rings. The first-order chi connectivity index (χ1) is 12.4. The van der Waals surface area contributed by atoms with E-state index in [0.717, 1.165) is 10.1 Å². The topological polar surface area (TPSA) is 99.1 Å². The average molecular weight is 375 g/mol. The molecular formula is C17H15ClN4O4. The predicted molar refractivity (Wildman–Crippen MR) is 95.4 cm³/mol. The van der Waals surface area contributed by atoms with Gasteiger partial charge in [-0.25, -0.2) is 0 Å². The number of hydrogen-bond acceptors (Lipinski definition) is 5. The fraction of sp³-hybridized carbons (Fsp3) is 0.176. The number of nitrogens with zero attached hydrogens (tertiary/aromatic N) is 3. The van der Waals surface area contributed by atoms with Crippen molar-refractivity contribution in [3.05, 3.63) is 79.8 Å². The molecule has 0 spiro atoms. The molecule has 0 unspecified atom stereocenters. The maximum atomic E-state index is 12.2. The number of carbonyl (C=O) groups is 1. The molecule has 26 heavy (non-hydrogen) atoms. The Balaban J connectivity index is 1.74. The summed E-state index contributed by atoms with van der Waals surface area (Å²) in [4.78, 5) is 36.5. The minimum atomic E-state index is -0.784. The second-order valence-corrected chi connectivity index (χ2v) is 6.10. The Hall–Kier alpha value is -3.13. The molecule has 0 saturated carbocycles. The van der Waals surface area contributed by atoms with Crippen LogP contribution in [0.4, 0.5) is 5.82 Å². The number of nitrogens with one attached hydrogen (secondary N) is 1. The molecule has 0 aliphatic heterocycles. The lowest BCUT2D eigenvalue weighted by Gasteiger charge is -2.09. The van der Waals surface area contributed by atoms with Gasteiger partial charge in [0.15, 0.2) is 5.82 Å². The van der Waals surface area contributed by atoms with Gasteiger partial charge in [-0.15, -0.1) is 0 Å². The summed E-state index contributed by atoms with van der Waals surface area (Å²) >= 11 is 5.83. The van der Waals surface area contributed by atoms with Crippen LogP contribution >= 0.6 is 11.6 Å². The number of halogens is 1. The Labute approximate surface area is 152 Å². The summed E-state index contributed by atoms with van der Waals surface area (Å²) in [7, 11) is 0. The van der Waals surface area contributed by atoms with Crippen LogP contribution in [0.15, 0.2) is 56.8 Å². The van der Waals surface area contributed by atoms with E-state index in [2.05, 4.69) is 10.5 Å². The van der Waals surface area contributed by atoms with Crippen LogP contribution in [0, 0.1) is 6.92 Å². The molecule has 1 N–H and O–H groups in total. The van der Waals surface area contributed by atoms with Crippen LogP contribution in [0.25, 0.3) is 0 Å². The van der Waals surface area contributed by atoms with Gasteiger partial charge in [0, 0.05) is 23.5 Å². The Bertz CT molecular complexity index is 1050. The highest BCUT2D eigenvalue weighted by molar-refractivity contribution is 6.30. The molecule has 1 amide bonds. The molecule has 9 heteroatoms. The van der Waals surface area contributed by atoms with Crippen molar-refractivity contribution >= 4 is 23.3 Å². The number of carbonyl (C=O) groups excluding carboxylic acids is 1. The maximum Gasteiger partial charge on any atom is 0.316 e. The normalized spacial score (nSPS) is 10.7. The number of aromatic nitrogens is 3. The summed E-state index contributed by atoms with van der Waals surface area (Å²) in [5, 5.41) is 6.72. The van der Waals surface area contributed by atoms with Gasteiger partial charge in [0.25, 0.3) is 0 Å². The molecule has 0 atom stereocenters. The number of amides is 1. The van der Waals surface area contributed by atoms with E-state index in [9.17, 15) is 14.4 Å². The van der Waals surface area contributed by atoms with Crippen LogP contribution in [0.5, 0.6) is 0 Å². The zero-order valence-electron chi connectivity index (χ0n) is 13.8. The molecule has 0 aliphatic carbocycles. The standard InChI is InChI=1S/C17H15ClN4O4/c1-11-8-14(20-26-11)19-15(23)10-22-7-6-21(16(24)17(22)25)9-12-2-4-13(18)5-3-12/h2-8H,9-10H2,1H3,(H,19,20,23). The first-order valence-corrected chi connectivity index (χ1v) is 8.07. The van der Waals surface area contributed by atoms with Crippen molar-refractivity contribution in [1.82, 2.24) is 14.3 Å². The van der Waals surface area contributed by atoms with Crippen molar-refractivity contribution in [1.29, 1.82) is 0 Å². The minimum absolute atomic E-state index is 0.233. The molecular weight excluding hydrogens is 360 g/mol. The van der Waals surface area contributed by atoms with Crippen LogP contribution in [0.1, 0.15) is 11.3 Å². The Morgan fingerprint density at radius 3 is 2.46 bits per heavy atom. The number of benzene rings is 1. The van der Waals surface area contributed by atoms with Crippen LogP contribution in [-0.4, -0.2) is 20.2 Å². The fourth-order valence-corrected chi connectivity index (χ4v) is 2.47. The van der Waals surface area contributed by atoms with Crippen LogP contribution in [0.3, 0.4) is 0 Å². The molecule has 0 bridgehead atoms. The molecule has 3 rings (SSSR count). The van der Waals surface area contributed by atoms with Crippen molar-refractivity contribution < 1.29 is 9.32 Å². The molecule has 134 valence electrons. The largest absolute Gasteiger partial charge is 0.360 e. The Morgan fingerprint density at radius 1 is 1.15 bits per heavy atom. The zero-order chi connectivity index (χ0) is 18.7. The molecule has 2 heterocycles. The zero-order valence-corrected chi connectivity index (χ0v) is 14.6. The molecule has 0 fully saturated rings. The fourth-order valence-electron chi connectivity index (χ4n) is 2.34. The molecule has 3 aromatic rings. The van der Waals surface area contributed by atoms with Crippen LogP contribution in [-0.2, 0) is 17.9 Å². The van der Waals surface area contributed by atoms with E-state index in [1.807, 2.05) is 0 Å². The smallest absolute Gasteiger partial charge is 0.316 e. The van der Waals surface area contributed by atoms with Crippen LogP contribution in [0.2, 0.25) is 5.02 Å². The highest BCUT2D eigenvalue weighted by Gasteiger charge is 2.11. The minimum Gasteiger partial charge on any atom is -0.360 e. The third-order valence-electron chi connectivity index (χ3n) is 3.61. The van der Waals surface area contributed by atoms with E-state index < -0.39 is 17.0 Å².